The van der Waals surface area contributed by atoms with Gasteiger partial charge < -0.3 is 15.1 Å². The highest BCUT2D eigenvalue weighted by Gasteiger charge is 2.26. The van der Waals surface area contributed by atoms with Gasteiger partial charge in [0.05, 0.1) is 10.7 Å². The first-order chi connectivity index (χ1) is 13.9. The smallest absolute Gasteiger partial charge is 0.288 e. The van der Waals surface area contributed by atoms with Gasteiger partial charge in [0.2, 0.25) is 11.0 Å². The molecule has 0 spiro atoms. The zero-order chi connectivity index (χ0) is 21.0. The zero-order valence-corrected chi connectivity index (χ0v) is 17.7. The van der Waals surface area contributed by atoms with E-state index in [1.54, 1.807) is 11.9 Å². The molecule has 2 amide bonds. The van der Waals surface area contributed by atoms with Crippen LogP contribution in [0.5, 0.6) is 0 Å². The highest BCUT2D eigenvalue weighted by atomic mass is 35.5. The van der Waals surface area contributed by atoms with Crippen molar-refractivity contribution in [2.24, 2.45) is 0 Å². The second kappa shape index (κ2) is 9.37. The molecule has 154 valence electrons. The average molecular weight is 457 g/mol. The van der Waals surface area contributed by atoms with E-state index < -0.39 is 4.92 Å². The monoisotopic (exact) mass is 456 g/mol. The molecule has 0 aliphatic carbocycles. The molecular weight excluding hydrogens is 440 g/mol. The summed E-state index contributed by atoms with van der Waals surface area (Å²) >= 11 is 8.53. The highest BCUT2D eigenvalue weighted by Crippen LogP contribution is 2.29. The van der Waals surface area contributed by atoms with Gasteiger partial charge >= 0.3 is 0 Å². The Kier molecular flexibility index (Phi) is 6.87. The van der Waals surface area contributed by atoms with Crippen LogP contribution in [0.15, 0.2) is 22.5 Å². The molecule has 1 N–H and O–H groups in total. The summed E-state index contributed by atoms with van der Waals surface area (Å²) in [4.78, 5) is 38.1. The number of benzene rings is 1. The molecule has 1 aromatic heterocycles. The Morgan fingerprint density at radius 3 is 2.69 bits per heavy atom. The number of piperazine rings is 1. The molecule has 0 unspecified atom stereocenters. The van der Waals surface area contributed by atoms with Crippen LogP contribution in [0, 0.1) is 10.1 Å². The molecule has 0 bridgehead atoms. The van der Waals surface area contributed by atoms with Crippen molar-refractivity contribution >= 4 is 57.3 Å². The summed E-state index contributed by atoms with van der Waals surface area (Å²) in [5.41, 5.74) is -0.0508. The van der Waals surface area contributed by atoms with Crippen LogP contribution in [0.2, 0.25) is 5.02 Å². The first-order valence-corrected chi connectivity index (χ1v) is 10.7. The van der Waals surface area contributed by atoms with Gasteiger partial charge in [-0.05, 0) is 12.1 Å². The van der Waals surface area contributed by atoms with Crippen molar-refractivity contribution in [1.29, 1.82) is 0 Å². The van der Waals surface area contributed by atoms with Gasteiger partial charge in [-0.3, -0.25) is 19.7 Å². The number of anilines is 1. The first kappa shape index (κ1) is 21.3. The van der Waals surface area contributed by atoms with E-state index in [0.29, 0.717) is 30.5 Å². The van der Waals surface area contributed by atoms with Crippen molar-refractivity contribution < 1.29 is 14.5 Å². The third-order valence-electron chi connectivity index (χ3n) is 4.23. The maximum atomic E-state index is 12.7. The molecule has 29 heavy (non-hydrogen) atoms. The molecule has 1 saturated heterocycles. The van der Waals surface area contributed by atoms with Crippen LogP contribution < -0.4 is 10.2 Å². The SMILES string of the molecule is CNC(=O)CSc1nnc(N2CCN(C(=O)c3ccc(Cl)c([N+](=O)[O-])c3)CC2)s1. The van der Waals surface area contributed by atoms with E-state index in [0.717, 1.165) is 5.13 Å². The van der Waals surface area contributed by atoms with Crippen LogP contribution in [0.3, 0.4) is 0 Å². The minimum absolute atomic E-state index is 0.00210. The fourth-order valence-corrected chi connectivity index (χ4v) is 4.61. The molecule has 0 atom stereocenters. The van der Waals surface area contributed by atoms with E-state index in [-0.39, 0.29) is 33.8 Å². The number of carbonyl (C=O) groups excluding carboxylic acids is 2. The molecule has 3 rings (SSSR count). The maximum absolute atomic E-state index is 12.7. The molecule has 1 aliphatic heterocycles. The van der Waals surface area contributed by atoms with Crippen LogP contribution in [0.4, 0.5) is 10.8 Å². The van der Waals surface area contributed by atoms with Crippen LogP contribution in [-0.4, -0.2) is 70.8 Å². The Morgan fingerprint density at radius 2 is 2.03 bits per heavy atom. The van der Waals surface area contributed by atoms with Crippen molar-refractivity contribution in [1.82, 2.24) is 20.4 Å². The normalized spacial score (nSPS) is 14.0. The number of thioether (sulfide) groups is 1. The molecule has 0 radical (unpaired) electrons. The Morgan fingerprint density at radius 1 is 1.31 bits per heavy atom. The lowest BCUT2D eigenvalue weighted by Crippen LogP contribution is -2.48. The fraction of sp³-hybridized carbons (Fsp3) is 0.375. The van der Waals surface area contributed by atoms with Crippen LogP contribution in [0.1, 0.15) is 10.4 Å². The van der Waals surface area contributed by atoms with Gasteiger partial charge in [-0.1, -0.05) is 34.7 Å². The number of halogens is 1. The third-order valence-corrected chi connectivity index (χ3v) is 6.67. The van der Waals surface area contributed by atoms with Gasteiger partial charge in [0, 0.05) is 44.9 Å². The van der Waals surface area contributed by atoms with E-state index >= 15 is 0 Å². The molecule has 0 saturated carbocycles. The van der Waals surface area contributed by atoms with Gasteiger partial charge in [-0.25, -0.2) is 0 Å². The van der Waals surface area contributed by atoms with Gasteiger partial charge in [0.25, 0.3) is 11.6 Å². The number of hydrogen-bond acceptors (Lipinski definition) is 9. The van der Waals surface area contributed by atoms with Crippen molar-refractivity contribution in [3.8, 4) is 0 Å². The quantitative estimate of drug-likeness (QED) is 0.397. The van der Waals surface area contributed by atoms with Crippen molar-refractivity contribution in [2.75, 3.05) is 43.9 Å². The van der Waals surface area contributed by atoms with Gasteiger partial charge in [0.15, 0.2) is 4.34 Å². The van der Waals surface area contributed by atoms with Crippen molar-refractivity contribution in [2.45, 2.75) is 4.34 Å². The number of rotatable bonds is 6. The number of nitrogens with zero attached hydrogens (tertiary/aromatic N) is 5. The lowest BCUT2D eigenvalue weighted by molar-refractivity contribution is -0.384. The van der Waals surface area contributed by atoms with Crippen molar-refractivity contribution in [3.63, 3.8) is 0 Å². The predicted molar refractivity (Wildman–Crippen MR) is 111 cm³/mol. The Labute approximate surface area is 179 Å². The Bertz CT molecular complexity index is 932. The molecule has 2 heterocycles. The number of nitro groups is 1. The second-order valence-electron chi connectivity index (χ2n) is 6.01. The van der Waals surface area contributed by atoms with Crippen LogP contribution in [-0.2, 0) is 4.79 Å². The summed E-state index contributed by atoms with van der Waals surface area (Å²) in [5.74, 6) is -0.0782. The molecular formula is C16H17ClN6O4S2. The minimum Gasteiger partial charge on any atom is -0.358 e. The van der Waals surface area contributed by atoms with Gasteiger partial charge in [-0.15, -0.1) is 10.2 Å². The molecule has 1 aromatic carbocycles. The molecule has 1 aliphatic rings. The van der Waals surface area contributed by atoms with E-state index in [4.69, 9.17) is 11.6 Å². The molecule has 1 fully saturated rings. The fourth-order valence-electron chi connectivity index (χ4n) is 2.66. The highest BCUT2D eigenvalue weighted by molar-refractivity contribution is 8.01. The number of nitro benzene ring substituents is 1. The summed E-state index contributed by atoms with van der Waals surface area (Å²) in [5, 5.41) is 22.6. The van der Waals surface area contributed by atoms with Crippen LogP contribution >= 0.6 is 34.7 Å². The Balaban J connectivity index is 1.59. The lowest BCUT2D eigenvalue weighted by atomic mass is 10.1. The first-order valence-electron chi connectivity index (χ1n) is 8.54. The largest absolute Gasteiger partial charge is 0.358 e. The number of aromatic nitrogens is 2. The number of amides is 2. The number of nitrogens with one attached hydrogen (secondary N) is 1. The summed E-state index contributed by atoms with van der Waals surface area (Å²) in [6.07, 6.45) is 0. The second-order valence-corrected chi connectivity index (χ2v) is 8.60. The molecule has 13 heteroatoms. The maximum Gasteiger partial charge on any atom is 0.288 e. The van der Waals surface area contributed by atoms with Crippen molar-refractivity contribution in [3.05, 3.63) is 38.9 Å². The minimum atomic E-state index is -0.605. The summed E-state index contributed by atoms with van der Waals surface area (Å²) < 4.78 is 0.704. The van der Waals surface area contributed by atoms with Gasteiger partial charge in [0.1, 0.15) is 5.02 Å². The predicted octanol–water partition coefficient (Wildman–Crippen LogP) is 1.90. The standard InChI is InChI=1S/C16H17ClN6O4S2/c1-18-13(24)9-28-16-20-19-15(29-16)22-6-4-21(5-7-22)14(25)10-2-3-11(17)12(8-10)23(26)27/h2-3,8H,4-7,9H2,1H3,(H,18,24). The zero-order valence-electron chi connectivity index (χ0n) is 15.3. The van der Waals surface area contributed by atoms with Crippen LogP contribution in [0.25, 0.3) is 0 Å². The molecule has 2 aromatic rings. The van der Waals surface area contributed by atoms with Gasteiger partial charge in [-0.2, -0.15) is 0 Å². The van der Waals surface area contributed by atoms with E-state index in [1.807, 2.05) is 4.90 Å². The number of hydrogen-bond donors (Lipinski definition) is 1. The topological polar surface area (TPSA) is 122 Å². The summed E-state index contributed by atoms with van der Waals surface area (Å²) in [6, 6.07) is 4.06. The average Bonchev–Trinajstić information content (AvgIpc) is 3.20. The Hall–Kier alpha value is -2.44. The third kappa shape index (κ3) is 5.14. The number of carbonyl (C=O) groups is 2. The summed E-state index contributed by atoms with van der Waals surface area (Å²) in [7, 11) is 1.58. The summed E-state index contributed by atoms with van der Waals surface area (Å²) in [6.45, 7) is 2.04. The van der Waals surface area contributed by atoms with E-state index in [9.17, 15) is 19.7 Å². The van der Waals surface area contributed by atoms with E-state index in [1.165, 1.54) is 41.3 Å². The van der Waals surface area contributed by atoms with E-state index in [2.05, 4.69) is 15.5 Å². The molecule has 10 nitrogen and oxygen atoms in total. The lowest BCUT2D eigenvalue weighted by Gasteiger charge is -2.34.